The number of aliphatic imine (C=N–C) groups is 1. The van der Waals surface area contributed by atoms with Crippen molar-refractivity contribution in [3.05, 3.63) is 95.1 Å². The molecule has 0 aliphatic rings. The highest BCUT2D eigenvalue weighted by Crippen LogP contribution is 2.17. The number of amides is 1. The number of rotatable bonds is 15. The van der Waals surface area contributed by atoms with E-state index in [0.29, 0.717) is 12.6 Å². The minimum atomic E-state index is -0.672. The number of amidine groups is 1. The van der Waals surface area contributed by atoms with Gasteiger partial charge >= 0.3 is 0 Å². The van der Waals surface area contributed by atoms with Crippen molar-refractivity contribution in [3.8, 4) is 0 Å². The van der Waals surface area contributed by atoms with Crippen molar-refractivity contribution in [1.29, 1.82) is 0 Å². The maximum absolute atomic E-state index is 11.5. The van der Waals surface area contributed by atoms with E-state index in [4.69, 9.17) is 11.5 Å². The standard InChI is InChI=1S/C30H40N6O2/c1-21(36-22(2)28(37)25-12-4-3-5-13-25)9-8-11-24-16-14-23(15-17-24)10-6-7-18-35-29(31)26-27(30(32)38)34-20-19-33-26/h3-5,12-17,19-22,28,36-37H,6-11,18H2,1-2H3,(H2,31,35)(H2,32,38)/t21-,22-,28-/m0/s1. The molecule has 3 rings (SSSR count). The Morgan fingerprint density at radius 3 is 2.13 bits per heavy atom. The van der Waals surface area contributed by atoms with Crippen molar-refractivity contribution in [2.75, 3.05) is 6.54 Å². The summed E-state index contributed by atoms with van der Waals surface area (Å²) in [5.41, 5.74) is 15.2. The lowest BCUT2D eigenvalue weighted by Gasteiger charge is -2.24. The minimum absolute atomic E-state index is 0.00607. The zero-order chi connectivity index (χ0) is 27.3. The van der Waals surface area contributed by atoms with Crippen LogP contribution in [-0.2, 0) is 12.8 Å². The molecule has 0 unspecified atom stereocenters. The highest BCUT2D eigenvalue weighted by Gasteiger charge is 2.17. The van der Waals surface area contributed by atoms with Gasteiger partial charge in [0, 0.05) is 31.0 Å². The number of nitrogens with one attached hydrogen (secondary N) is 1. The fraction of sp³-hybridized carbons (Fsp3) is 0.400. The fourth-order valence-corrected chi connectivity index (χ4v) is 4.47. The molecule has 202 valence electrons. The maximum Gasteiger partial charge on any atom is 0.269 e. The molecule has 0 aliphatic heterocycles. The zero-order valence-electron chi connectivity index (χ0n) is 22.4. The van der Waals surface area contributed by atoms with E-state index in [2.05, 4.69) is 51.5 Å². The van der Waals surface area contributed by atoms with Crippen molar-refractivity contribution in [2.24, 2.45) is 16.5 Å². The molecule has 6 N–H and O–H groups in total. The van der Waals surface area contributed by atoms with Gasteiger partial charge < -0.3 is 21.9 Å². The Hall–Kier alpha value is -3.62. The molecular weight excluding hydrogens is 476 g/mol. The Bertz CT molecular complexity index is 1170. The van der Waals surface area contributed by atoms with E-state index < -0.39 is 12.0 Å². The maximum atomic E-state index is 11.5. The van der Waals surface area contributed by atoms with Crippen LogP contribution in [0.15, 0.2) is 72.0 Å². The van der Waals surface area contributed by atoms with Crippen LogP contribution in [0.4, 0.5) is 0 Å². The van der Waals surface area contributed by atoms with E-state index in [1.165, 1.54) is 23.5 Å². The number of unbranched alkanes of at least 4 members (excludes halogenated alkanes) is 1. The molecule has 0 aliphatic carbocycles. The lowest BCUT2D eigenvalue weighted by molar-refractivity contribution is 0.0995. The van der Waals surface area contributed by atoms with Crippen molar-refractivity contribution in [3.63, 3.8) is 0 Å². The number of nitrogens with zero attached hydrogens (tertiary/aromatic N) is 3. The summed E-state index contributed by atoms with van der Waals surface area (Å²) in [6.45, 7) is 4.76. The van der Waals surface area contributed by atoms with Crippen molar-refractivity contribution in [1.82, 2.24) is 15.3 Å². The van der Waals surface area contributed by atoms with E-state index in [1.54, 1.807) is 0 Å². The second-order valence-electron chi connectivity index (χ2n) is 9.76. The third-order valence-electron chi connectivity index (χ3n) is 6.62. The number of hydrogen-bond acceptors (Lipinski definition) is 6. The molecule has 3 atom stereocenters. The highest BCUT2D eigenvalue weighted by atomic mass is 16.3. The van der Waals surface area contributed by atoms with Gasteiger partial charge in [-0.1, -0.05) is 54.6 Å². The number of aliphatic hydroxyl groups is 1. The van der Waals surface area contributed by atoms with Gasteiger partial charge in [-0.25, -0.2) is 9.97 Å². The van der Waals surface area contributed by atoms with Gasteiger partial charge in [0.05, 0.1) is 6.10 Å². The second kappa shape index (κ2) is 15.0. The Kier molecular flexibility index (Phi) is 11.4. The highest BCUT2D eigenvalue weighted by molar-refractivity contribution is 6.05. The third kappa shape index (κ3) is 9.04. The largest absolute Gasteiger partial charge is 0.387 e. The van der Waals surface area contributed by atoms with Crippen LogP contribution in [0.25, 0.3) is 0 Å². The molecule has 3 aromatic rings. The SMILES string of the molecule is C[C@H](N[C@@H](C)CCCc1ccc(CCCCN=C(N)c2nccnc2C(N)=O)cc1)[C@H](O)c1ccccc1. The number of carbonyl (C=O) groups excluding carboxylic acids is 1. The van der Waals surface area contributed by atoms with Gasteiger partial charge in [0.15, 0.2) is 5.69 Å². The van der Waals surface area contributed by atoms with Gasteiger partial charge in [-0.05, 0) is 69.1 Å². The van der Waals surface area contributed by atoms with Crippen molar-refractivity contribution in [2.45, 2.75) is 70.6 Å². The summed E-state index contributed by atoms with van der Waals surface area (Å²) in [5, 5.41) is 14.1. The second-order valence-corrected chi connectivity index (χ2v) is 9.76. The van der Waals surface area contributed by atoms with E-state index >= 15 is 0 Å². The molecule has 0 spiro atoms. The Labute approximate surface area is 225 Å². The molecule has 0 bridgehead atoms. The fourth-order valence-electron chi connectivity index (χ4n) is 4.47. The molecule has 2 aromatic carbocycles. The normalized spacial score (nSPS) is 14.1. The smallest absolute Gasteiger partial charge is 0.269 e. The Morgan fingerprint density at radius 1 is 0.895 bits per heavy atom. The zero-order valence-corrected chi connectivity index (χ0v) is 22.4. The number of benzene rings is 2. The molecule has 1 amide bonds. The first-order chi connectivity index (χ1) is 18.3. The van der Waals surface area contributed by atoms with Crippen LogP contribution in [-0.4, -0.2) is 45.4 Å². The lowest BCUT2D eigenvalue weighted by Crippen LogP contribution is -2.38. The first kappa shape index (κ1) is 28.9. The number of hydrogen-bond donors (Lipinski definition) is 4. The quantitative estimate of drug-likeness (QED) is 0.138. The molecule has 8 heteroatoms. The van der Waals surface area contributed by atoms with Crippen LogP contribution < -0.4 is 16.8 Å². The van der Waals surface area contributed by atoms with Crippen LogP contribution >= 0.6 is 0 Å². The summed E-state index contributed by atoms with van der Waals surface area (Å²) in [4.78, 5) is 23.8. The topological polar surface area (TPSA) is 140 Å². The number of aryl methyl sites for hydroxylation is 2. The van der Waals surface area contributed by atoms with Gasteiger partial charge in [-0.15, -0.1) is 0 Å². The molecule has 1 heterocycles. The van der Waals surface area contributed by atoms with Crippen LogP contribution in [0.3, 0.4) is 0 Å². The van der Waals surface area contributed by atoms with Gasteiger partial charge in [0.25, 0.3) is 5.91 Å². The molecule has 8 nitrogen and oxygen atoms in total. The van der Waals surface area contributed by atoms with Gasteiger partial charge in [-0.3, -0.25) is 9.79 Å². The molecule has 38 heavy (non-hydrogen) atoms. The van der Waals surface area contributed by atoms with Crippen LogP contribution in [0.2, 0.25) is 0 Å². The van der Waals surface area contributed by atoms with E-state index in [-0.39, 0.29) is 23.3 Å². The summed E-state index contributed by atoms with van der Waals surface area (Å²) in [5.74, 6) is -0.489. The van der Waals surface area contributed by atoms with E-state index in [1.807, 2.05) is 37.3 Å². The minimum Gasteiger partial charge on any atom is -0.387 e. The van der Waals surface area contributed by atoms with E-state index in [9.17, 15) is 9.90 Å². The van der Waals surface area contributed by atoms with Gasteiger partial charge in [-0.2, -0.15) is 0 Å². The van der Waals surface area contributed by atoms with Crippen LogP contribution in [0, 0.1) is 0 Å². The van der Waals surface area contributed by atoms with Crippen LogP contribution in [0.1, 0.15) is 78.5 Å². The van der Waals surface area contributed by atoms with E-state index in [0.717, 1.165) is 44.1 Å². The molecular formula is C30H40N6O2. The number of aromatic nitrogens is 2. The molecule has 0 saturated carbocycles. The summed E-state index contributed by atoms with van der Waals surface area (Å²) >= 11 is 0. The number of nitrogens with two attached hydrogens (primary N) is 2. The molecule has 0 saturated heterocycles. The lowest BCUT2D eigenvalue weighted by atomic mass is 10.0. The predicted molar refractivity (Wildman–Crippen MR) is 152 cm³/mol. The molecule has 1 aromatic heterocycles. The van der Waals surface area contributed by atoms with Crippen LogP contribution in [0.5, 0.6) is 0 Å². The number of aliphatic hydroxyl groups excluding tert-OH is 1. The first-order valence-corrected chi connectivity index (χ1v) is 13.3. The summed E-state index contributed by atoms with van der Waals surface area (Å²) < 4.78 is 0. The van der Waals surface area contributed by atoms with Crippen molar-refractivity contribution >= 4 is 11.7 Å². The monoisotopic (exact) mass is 516 g/mol. The number of primary amides is 1. The summed E-state index contributed by atoms with van der Waals surface area (Å²) in [6, 6.07) is 18.9. The van der Waals surface area contributed by atoms with Gasteiger partial charge in [0.2, 0.25) is 0 Å². The number of carbonyl (C=O) groups is 1. The first-order valence-electron chi connectivity index (χ1n) is 13.3. The molecule has 0 radical (unpaired) electrons. The third-order valence-corrected chi connectivity index (χ3v) is 6.62. The molecule has 0 fully saturated rings. The summed E-state index contributed by atoms with van der Waals surface area (Å²) in [7, 11) is 0. The average Bonchev–Trinajstić information content (AvgIpc) is 2.93. The Balaban J connectivity index is 1.34. The Morgan fingerprint density at radius 2 is 1.50 bits per heavy atom. The summed E-state index contributed by atoms with van der Waals surface area (Å²) in [6.07, 6.45) is 8.35. The van der Waals surface area contributed by atoms with Gasteiger partial charge in [0.1, 0.15) is 11.5 Å². The predicted octanol–water partition coefficient (Wildman–Crippen LogP) is 3.73. The van der Waals surface area contributed by atoms with Crippen molar-refractivity contribution < 1.29 is 9.90 Å². The average molecular weight is 517 g/mol.